The van der Waals surface area contributed by atoms with E-state index in [2.05, 4.69) is 16.5 Å². The van der Waals surface area contributed by atoms with Crippen LogP contribution < -0.4 is 0 Å². The summed E-state index contributed by atoms with van der Waals surface area (Å²) >= 11 is 1.50. The van der Waals surface area contributed by atoms with Gasteiger partial charge in [0, 0.05) is 16.8 Å². The van der Waals surface area contributed by atoms with Crippen LogP contribution in [0.2, 0.25) is 0 Å². The molecule has 1 aromatic heterocycles. The van der Waals surface area contributed by atoms with Gasteiger partial charge in [-0.15, -0.1) is 0 Å². The standard InChI is InChI=1S/C15H16N2OS/c1-4-19-15-10(2)11(3)16-14(17-15)13-7-5-6-12(8-13)9-18/h4-8,18H,1,9H2,2-3H3. The normalized spacial score (nSPS) is 10.5. The Kier molecular flexibility index (Phi) is 4.35. The molecule has 0 saturated heterocycles. The molecule has 0 atom stereocenters. The van der Waals surface area contributed by atoms with Crippen molar-refractivity contribution in [3.05, 3.63) is 53.1 Å². The number of aliphatic hydroxyl groups is 1. The molecule has 1 heterocycles. The fourth-order valence-electron chi connectivity index (χ4n) is 1.73. The van der Waals surface area contributed by atoms with Gasteiger partial charge in [0.2, 0.25) is 0 Å². The van der Waals surface area contributed by atoms with E-state index in [1.165, 1.54) is 11.8 Å². The summed E-state index contributed by atoms with van der Waals surface area (Å²) in [6, 6.07) is 7.64. The van der Waals surface area contributed by atoms with E-state index < -0.39 is 0 Å². The fourth-order valence-corrected chi connectivity index (χ4v) is 2.36. The average Bonchev–Trinajstić information content (AvgIpc) is 2.44. The lowest BCUT2D eigenvalue weighted by Crippen LogP contribution is -1.98. The van der Waals surface area contributed by atoms with Crippen LogP contribution in [0.3, 0.4) is 0 Å². The van der Waals surface area contributed by atoms with E-state index in [0.29, 0.717) is 5.82 Å². The second-order valence-electron chi connectivity index (χ2n) is 4.21. The van der Waals surface area contributed by atoms with E-state index in [-0.39, 0.29) is 6.61 Å². The molecule has 0 fully saturated rings. The van der Waals surface area contributed by atoms with Crippen LogP contribution in [0.25, 0.3) is 11.4 Å². The van der Waals surface area contributed by atoms with Crippen LogP contribution in [0.15, 0.2) is 41.3 Å². The molecule has 0 aliphatic heterocycles. The van der Waals surface area contributed by atoms with Gasteiger partial charge in [-0.05, 0) is 30.9 Å². The van der Waals surface area contributed by atoms with Gasteiger partial charge in [0.05, 0.1) is 6.61 Å². The Balaban J connectivity index is 2.52. The van der Waals surface area contributed by atoms with E-state index >= 15 is 0 Å². The molecule has 0 aliphatic rings. The van der Waals surface area contributed by atoms with Crippen LogP contribution >= 0.6 is 11.8 Å². The second-order valence-corrected chi connectivity index (χ2v) is 5.16. The van der Waals surface area contributed by atoms with Crippen molar-refractivity contribution in [1.29, 1.82) is 0 Å². The molecule has 19 heavy (non-hydrogen) atoms. The molecule has 3 nitrogen and oxygen atoms in total. The highest BCUT2D eigenvalue weighted by Gasteiger charge is 2.09. The number of aryl methyl sites for hydroxylation is 1. The maximum absolute atomic E-state index is 9.19. The number of nitrogens with zero attached hydrogens (tertiary/aromatic N) is 2. The second kappa shape index (κ2) is 5.99. The highest BCUT2D eigenvalue weighted by atomic mass is 32.2. The first-order valence-corrected chi connectivity index (χ1v) is 6.86. The van der Waals surface area contributed by atoms with Crippen molar-refractivity contribution in [3.63, 3.8) is 0 Å². The highest BCUT2D eigenvalue weighted by Crippen LogP contribution is 2.26. The summed E-state index contributed by atoms with van der Waals surface area (Å²) in [7, 11) is 0. The third-order valence-corrected chi connectivity index (χ3v) is 3.69. The summed E-state index contributed by atoms with van der Waals surface area (Å²) in [6.07, 6.45) is 0. The van der Waals surface area contributed by atoms with E-state index in [4.69, 9.17) is 0 Å². The highest BCUT2D eigenvalue weighted by molar-refractivity contribution is 8.02. The molecule has 1 aromatic carbocycles. The largest absolute Gasteiger partial charge is 0.392 e. The number of aromatic nitrogens is 2. The maximum Gasteiger partial charge on any atom is 0.160 e. The number of benzene rings is 1. The molecule has 4 heteroatoms. The Morgan fingerprint density at radius 1 is 1.32 bits per heavy atom. The molecule has 2 aromatic rings. The van der Waals surface area contributed by atoms with Crippen LogP contribution in [-0.2, 0) is 6.61 Å². The minimum Gasteiger partial charge on any atom is -0.392 e. The van der Waals surface area contributed by atoms with Crippen molar-refractivity contribution in [1.82, 2.24) is 9.97 Å². The molecule has 0 unspecified atom stereocenters. The topological polar surface area (TPSA) is 46.0 Å². The van der Waals surface area contributed by atoms with Crippen molar-refractivity contribution in [2.24, 2.45) is 0 Å². The van der Waals surface area contributed by atoms with E-state index in [1.54, 1.807) is 5.41 Å². The van der Waals surface area contributed by atoms with Crippen LogP contribution in [0.4, 0.5) is 0 Å². The summed E-state index contributed by atoms with van der Waals surface area (Å²) in [4.78, 5) is 9.09. The summed E-state index contributed by atoms with van der Waals surface area (Å²) in [5.74, 6) is 0.683. The smallest absolute Gasteiger partial charge is 0.160 e. The van der Waals surface area contributed by atoms with E-state index in [9.17, 15) is 5.11 Å². The number of aliphatic hydroxyl groups excluding tert-OH is 1. The van der Waals surface area contributed by atoms with Gasteiger partial charge in [-0.3, -0.25) is 0 Å². The SMILES string of the molecule is C=CSc1nc(-c2cccc(CO)c2)nc(C)c1C. The van der Waals surface area contributed by atoms with Crippen LogP contribution in [-0.4, -0.2) is 15.1 Å². The average molecular weight is 272 g/mol. The monoisotopic (exact) mass is 272 g/mol. The van der Waals surface area contributed by atoms with Gasteiger partial charge in [0.1, 0.15) is 5.03 Å². The number of hydrogen-bond acceptors (Lipinski definition) is 4. The quantitative estimate of drug-likeness (QED) is 0.683. The van der Waals surface area contributed by atoms with Crippen LogP contribution in [0.1, 0.15) is 16.8 Å². The Morgan fingerprint density at radius 3 is 2.79 bits per heavy atom. The van der Waals surface area contributed by atoms with Crippen molar-refractivity contribution in [3.8, 4) is 11.4 Å². The molecule has 0 amide bonds. The van der Waals surface area contributed by atoms with Gasteiger partial charge in [-0.25, -0.2) is 9.97 Å². The summed E-state index contributed by atoms with van der Waals surface area (Å²) in [6.45, 7) is 7.73. The Bertz CT molecular complexity index is 611. The van der Waals surface area contributed by atoms with Gasteiger partial charge < -0.3 is 5.11 Å². The zero-order valence-corrected chi connectivity index (χ0v) is 11.9. The summed E-state index contributed by atoms with van der Waals surface area (Å²) < 4.78 is 0. The number of rotatable bonds is 4. The van der Waals surface area contributed by atoms with Gasteiger partial charge >= 0.3 is 0 Å². The molecule has 2 rings (SSSR count). The lowest BCUT2D eigenvalue weighted by molar-refractivity contribution is 0.282. The number of thioether (sulfide) groups is 1. The van der Waals surface area contributed by atoms with Crippen molar-refractivity contribution < 1.29 is 5.11 Å². The van der Waals surface area contributed by atoms with Crippen molar-refractivity contribution in [2.75, 3.05) is 0 Å². The van der Waals surface area contributed by atoms with Crippen LogP contribution in [0, 0.1) is 13.8 Å². The third kappa shape index (κ3) is 3.03. The first-order valence-electron chi connectivity index (χ1n) is 5.98. The van der Waals surface area contributed by atoms with Crippen LogP contribution in [0.5, 0.6) is 0 Å². The lowest BCUT2D eigenvalue weighted by atomic mass is 10.1. The zero-order chi connectivity index (χ0) is 13.8. The molecule has 0 saturated carbocycles. The first kappa shape index (κ1) is 13.8. The Hall–Kier alpha value is -1.65. The first-order chi connectivity index (χ1) is 9.15. The molecule has 0 aliphatic carbocycles. The molecule has 0 bridgehead atoms. The summed E-state index contributed by atoms with van der Waals surface area (Å²) in [5.41, 5.74) is 3.81. The molecular weight excluding hydrogens is 256 g/mol. The Morgan fingerprint density at radius 2 is 2.11 bits per heavy atom. The zero-order valence-electron chi connectivity index (χ0n) is 11.1. The number of hydrogen-bond donors (Lipinski definition) is 1. The minimum atomic E-state index is 0.0208. The van der Waals surface area contributed by atoms with Crippen molar-refractivity contribution in [2.45, 2.75) is 25.5 Å². The molecular formula is C15H16N2OS. The molecule has 0 spiro atoms. The van der Waals surface area contributed by atoms with Gasteiger partial charge in [-0.1, -0.05) is 36.5 Å². The third-order valence-electron chi connectivity index (χ3n) is 2.91. The summed E-state index contributed by atoms with van der Waals surface area (Å²) in [5, 5.41) is 11.9. The molecule has 98 valence electrons. The van der Waals surface area contributed by atoms with E-state index in [0.717, 1.165) is 27.4 Å². The van der Waals surface area contributed by atoms with Gasteiger partial charge in [-0.2, -0.15) is 0 Å². The van der Waals surface area contributed by atoms with Gasteiger partial charge in [0.15, 0.2) is 5.82 Å². The maximum atomic E-state index is 9.19. The minimum absolute atomic E-state index is 0.0208. The lowest BCUT2D eigenvalue weighted by Gasteiger charge is -2.09. The Labute approximate surface area is 117 Å². The van der Waals surface area contributed by atoms with Crippen molar-refractivity contribution >= 4 is 11.8 Å². The predicted molar refractivity (Wildman–Crippen MR) is 78.9 cm³/mol. The van der Waals surface area contributed by atoms with Gasteiger partial charge in [0.25, 0.3) is 0 Å². The predicted octanol–water partition coefficient (Wildman–Crippen LogP) is 3.49. The van der Waals surface area contributed by atoms with E-state index in [1.807, 2.05) is 38.1 Å². The molecule has 0 radical (unpaired) electrons. The fraction of sp³-hybridized carbons (Fsp3) is 0.200. The molecule has 1 N–H and O–H groups in total.